The Labute approximate surface area is 126 Å². The number of nitrogens with zero attached hydrogens (tertiary/aromatic N) is 1. The van der Waals surface area contributed by atoms with Gasteiger partial charge in [-0.3, -0.25) is 19.8 Å². The number of amides is 2. The minimum absolute atomic E-state index is 0.134. The van der Waals surface area contributed by atoms with E-state index in [1.165, 1.54) is 0 Å². The number of alkyl halides is 1. The van der Waals surface area contributed by atoms with Crippen LogP contribution in [0.1, 0.15) is 15.9 Å². The maximum absolute atomic E-state index is 11.8. The van der Waals surface area contributed by atoms with Crippen molar-refractivity contribution in [2.75, 3.05) is 26.1 Å². The highest BCUT2D eigenvalue weighted by Gasteiger charge is 2.04. The largest absolute Gasteiger partial charge is 0.339 e. The third-order valence-electron chi connectivity index (χ3n) is 2.23. The van der Waals surface area contributed by atoms with Crippen molar-refractivity contribution in [1.29, 1.82) is 0 Å². The molecular formula is C14H16BrN3O2. The summed E-state index contributed by atoms with van der Waals surface area (Å²) in [5.41, 5.74) is 1.30. The number of nitrogens with one attached hydrogen (secondary N) is 2. The number of benzene rings is 1. The standard InChI is InChI=1S/C14H16BrN3O2/c1-18(2)10-17-14(20)12-5-3-11(4-6-12)7-8-16-13(19)9-15/h3-6H,9-10H2,1-2H3,(H,16,19)(H,17,20). The third-order valence-corrected chi connectivity index (χ3v) is 2.74. The SMILES string of the molecule is CN(C)CNC(=O)c1ccc(C#CNC(=O)CBr)cc1. The highest BCUT2D eigenvalue weighted by atomic mass is 79.9. The predicted octanol–water partition coefficient (Wildman–Crippen LogP) is 0.756. The van der Waals surface area contributed by atoms with Crippen molar-refractivity contribution < 1.29 is 9.59 Å². The first-order valence-corrected chi connectivity index (χ1v) is 7.04. The highest BCUT2D eigenvalue weighted by molar-refractivity contribution is 9.09. The molecule has 0 unspecified atom stereocenters. The van der Waals surface area contributed by atoms with Crippen molar-refractivity contribution in [1.82, 2.24) is 15.5 Å². The third kappa shape index (κ3) is 5.87. The molecule has 0 spiro atoms. The monoisotopic (exact) mass is 337 g/mol. The Morgan fingerprint density at radius 1 is 1.25 bits per heavy atom. The normalized spacial score (nSPS) is 9.60. The number of halogens is 1. The first-order valence-electron chi connectivity index (χ1n) is 5.91. The van der Waals surface area contributed by atoms with Gasteiger partial charge in [0.25, 0.3) is 5.91 Å². The molecule has 0 aliphatic heterocycles. The van der Waals surface area contributed by atoms with Crippen LogP contribution in [0.2, 0.25) is 0 Å². The van der Waals surface area contributed by atoms with Crippen LogP contribution in [0.4, 0.5) is 0 Å². The van der Waals surface area contributed by atoms with E-state index in [1.807, 2.05) is 19.0 Å². The molecule has 0 aliphatic carbocycles. The number of hydrogen-bond donors (Lipinski definition) is 2. The van der Waals surface area contributed by atoms with Gasteiger partial charge in [-0.25, -0.2) is 0 Å². The molecule has 0 radical (unpaired) electrons. The lowest BCUT2D eigenvalue weighted by Crippen LogP contribution is -2.32. The molecule has 5 nitrogen and oxygen atoms in total. The Kier molecular flexibility index (Phi) is 6.77. The van der Waals surface area contributed by atoms with Gasteiger partial charge in [0.15, 0.2) is 0 Å². The number of hydrogen-bond acceptors (Lipinski definition) is 3. The molecule has 0 aromatic heterocycles. The summed E-state index contributed by atoms with van der Waals surface area (Å²) < 4.78 is 0. The molecule has 0 fully saturated rings. The van der Waals surface area contributed by atoms with Crippen LogP contribution < -0.4 is 10.6 Å². The van der Waals surface area contributed by atoms with E-state index in [1.54, 1.807) is 24.3 Å². The molecule has 1 aromatic rings. The molecule has 106 valence electrons. The topological polar surface area (TPSA) is 61.4 Å². The highest BCUT2D eigenvalue weighted by Crippen LogP contribution is 2.03. The van der Waals surface area contributed by atoms with Crippen molar-refractivity contribution in [3.8, 4) is 12.0 Å². The molecule has 2 N–H and O–H groups in total. The van der Waals surface area contributed by atoms with Crippen molar-refractivity contribution in [2.24, 2.45) is 0 Å². The molecule has 20 heavy (non-hydrogen) atoms. The van der Waals surface area contributed by atoms with Gasteiger partial charge in [-0.1, -0.05) is 15.9 Å². The lowest BCUT2D eigenvalue weighted by Gasteiger charge is -2.10. The van der Waals surface area contributed by atoms with Gasteiger partial charge in [0.05, 0.1) is 12.0 Å². The van der Waals surface area contributed by atoms with Crippen molar-refractivity contribution >= 4 is 27.7 Å². The van der Waals surface area contributed by atoms with E-state index in [2.05, 4.69) is 38.5 Å². The van der Waals surface area contributed by atoms with Gasteiger partial charge in [-0.05, 0) is 44.3 Å². The summed E-state index contributed by atoms with van der Waals surface area (Å²) in [7, 11) is 3.75. The van der Waals surface area contributed by atoms with Crippen LogP contribution in [0.25, 0.3) is 0 Å². The van der Waals surface area contributed by atoms with Gasteiger partial charge in [-0.15, -0.1) is 0 Å². The van der Waals surface area contributed by atoms with Gasteiger partial charge in [-0.2, -0.15) is 0 Å². The van der Waals surface area contributed by atoms with Crippen molar-refractivity contribution in [2.45, 2.75) is 0 Å². The summed E-state index contributed by atoms with van der Waals surface area (Å²) in [6, 6.07) is 9.41. The van der Waals surface area contributed by atoms with E-state index in [0.29, 0.717) is 12.2 Å². The average Bonchev–Trinajstić information content (AvgIpc) is 2.45. The van der Waals surface area contributed by atoms with Crippen LogP contribution in [-0.2, 0) is 4.79 Å². The first-order chi connectivity index (χ1) is 9.52. The molecule has 0 bridgehead atoms. The van der Waals surface area contributed by atoms with Crippen molar-refractivity contribution in [3.05, 3.63) is 35.4 Å². The van der Waals surface area contributed by atoms with E-state index in [-0.39, 0.29) is 17.1 Å². The molecule has 2 amide bonds. The van der Waals surface area contributed by atoms with Gasteiger partial charge < -0.3 is 5.32 Å². The Balaban J connectivity index is 2.60. The molecule has 6 heteroatoms. The molecule has 0 heterocycles. The molecular weight excluding hydrogens is 322 g/mol. The summed E-state index contributed by atoms with van der Waals surface area (Å²) in [6.45, 7) is 0.485. The maximum atomic E-state index is 11.8. The zero-order valence-corrected chi connectivity index (χ0v) is 13.0. The second kappa shape index (κ2) is 8.35. The number of carbonyl (C=O) groups is 2. The zero-order valence-electron chi connectivity index (χ0n) is 11.4. The fraction of sp³-hybridized carbons (Fsp3) is 0.286. The van der Waals surface area contributed by atoms with E-state index in [9.17, 15) is 9.59 Å². The van der Waals surface area contributed by atoms with E-state index < -0.39 is 0 Å². The van der Waals surface area contributed by atoms with Gasteiger partial charge >= 0.3 is 0 Å². The van der Waals surface area contributed by atoms with E-state index >= 15 is 0 Å². The van der Waals surface area contributed by atoms with E-state index in [4.69, 9.17) is 0 Å². The van der Waals surface area contributed by atoms with E-state index in [0.717, 1.165) is 5.56 Å². The minimum atomic E-state index is -0.197. The fourth-order valence-corrected chi connectivity index (χ4v) is 1.38. The second-order valence-electron chi connectivity index (χ2n) is 4.25. The summed E-state index contributed by atoms with van der Waals surface area (Å²) >= 11 is 3.02. The van der Waals surface area contributed by atoms with Crippen LogP contribution in [0.5, 0.6) is 0 Å². The number of carbonyl (C=O) groups excluding carboxylic acids is 2. The van der Waals surface area contributed by atoms with Crippen LogP contribution >= 0.6 is 15.9 Å². The molecule has 0 atom stereocenters. The van der Waals surface area contributed by atoms with Gasteiger partial charge in [0.1, 0.15) is 0 Å². The molecule has 0 saturated carbocycles. The quantitative estimate of drug-likeness (QED) is 0.369. The van der Waals surface area contributed by atoms with Crippen LogP contribution in [0.3, 0.4) is 0 Å². The Morgan fingerprint density at radius 2 is 1.90 bits per heavy atom. The first kappa shape index (κ1) is 16.2. The van der Waals surface area contributed by atoms with Gasteiger partial charge in [0.2, 0.25) is 5.91 Å². The predicted molar refractivity (Wildman–Crippen MR) is 81.3 cm³/mol. The molecule has 0 saturated heterocycles. The maximum Gasteiger partial charge on any atom is 0.252 e. The summed E-state index contributed by atoms with van der Waals surface area (Å²) in [6.07, 6.45) is 0. The molecule has 1 rings (SSSR count). The van der Waals surface area contributed by atoms with Crippen LogP contribution in [0, 0.1) is 12.0 Å². The smallest absolute Gasteiger partial charge is 0.252 e. The van der Waals surface area contributed by atoms with Crippen LogP contribution in [-0.4, -0.2) is 42.8 Å². The average molecular weight is 338 g/mol. The zero-order chi connectivity index (χ0) is 15.0. The summed E-state index contributed by atoms with van der Waals surface area (Å²) in [5.74, 6) is 2.45. The summed E-state index contributed by atoms with van der Waals surface area (Å²) in [4.78, 5) is 24.6. The van der Waals surface area contributed by atoms with Crippen LogP contribution in [0.15, 0.2) is 24.3 Å². The lowest BCUT2D eigenvalue weighted by molar-refractivity contribution is -0.117. The Hall–Kier alpha value is -1.84. The lowest BCUT2D eigenvalue weighted by atomic mass is 10.1. The minimum Gasteiger partial charge on any atom is -0.339 e. The van der Waals surface area contributed by atoms with Gasteiger partial charge in [0, 0.05) is 17.2 Å². The van der Waals surface area contributed by atoms with Crippen molar-refractivity contribution in [3.63, 3.8) is 0 Å². The molecule has 0 aliphatic rings. The molecule has 1 aromatic carbocycles. The fourth-order valence-electron chi connectivity index (χ4n) is 1.24. The summed E-state index contributed by atoms with van der Waals surface area (Å²) in [5, 5.41) is 5.41. The Morgan fingerprint density at radius 3 is 2.45 bits per heavy atom. The number of rotatable bonds is 4. The Bertz CT molecular complexity index is 530. The second-order valence-corrected chi connectivity index (χ2v) is 4.81.